The van der Waals surface area contributed by atoms with Crippen molar-refractivity contribution in [3.05, 3.63) is 50.6 Å². The van der Waals surface area contributed by atoms with E-state index in [1.165, 1.54) is 0 Å². The summed E-state index contributed by atoms with van der Waals surface area (Å²) >= 11 is 13.8. The molecule has 0 radical (unpaired) electrons. The van der Waals surface area contributed by atoms with Gasteiger partial charge in [0, 0.05) is 33.2 Å². The van der Waals surface area contributed by atoms with Gasteiger partial charge in [-0.25, -0.2) is 0 Å². The van der Waals surface area contributed by atoms with E-state index in [1.807, 2.05) is 35.0 Å². The second-order valence-corrected chi connectivity index (χ2v) is 4.66. The first-order chi connectivity index (χ1) is 7.27. The number of nitrogens with one attached hydrogen (secondary N) is 1. The fourth-order valence-electron chi connectivity index (χ4n) is 1.26. The highest BCUT2D eigenvalue weighted by atomic mass is 35.5. The van der Waals surface area contributed by atoms with Gasteiger partial charge in [-0.05, 0) is 23.6 Å². The van der Waals surface area contributed by atoms with Crippen LogP contribution in [0.25, 0.3) is 0 Å². The SMILES string of the molecule is Clc1cccc(Cl)c1CNc1ccsc1. The molecular formula is C11H9Cl2NS. The number of thiophene rings is 1. The topological polar surface area (TPSA) is 12.0 Å². The quantitative estimate of drug-likeness (QED) is 0.843. The van der Waals surface area contributed by atoms with Gasteiger partial charge in [-0.1, -0.05) is 29.3 Å². The maximum absolute atomic E-state index is 6.05. The van der Waals surface area contributed by atoms with Crippen LogP contribution in [0, 0.1) is 0 Å². The van der Waals surface area contributed by atoms with Crippen LogP contribution in [0.5, 0.6) is 0 Å². The molecule has 0 fully saturated rings. The summed E-state index contributed by atoms with van der Waals surface area (Å²) < 4.78 is 0. The van der Waals surface area contributed by atoms with Gasteiger partial charge in [0.2, 0.25) is 0 Å². The largest absolute Gasteiger partial charge is 0.380 e. The molecule has 0 amide bonds. The van der Waals surface area contributed by atoms with Crippen molar-refractivity contribution in [2.45, 2.75) is 6.54 Å². The van der Waals surface area contributed by atoms with Gasteiger partial charge in [0.15, 0.2) is 0 Å². The Balaban J connectivity index is 2.11. The lowest BCUT2D eigenvalue weighted by atomic mass is 10.2. The third-order valence-corrected chi connectivity index (χ3v) is 3.44. The molecule has 0 atom stereocenters. The number of halogens is 2. The molecule has 1 aromatic carbocycles. The van der Waals surface area contributed by atoms with E-state index in [4.69, 9.17) is 23.2 Å². The van der Waals surface area contributed by atoms with Gasteiger partial charge >= 0.3 is 0 Å². The van der Waals surface area contributed by atoms with E-state index in [1.54, 1.807) is 11.3 Å². The Morgan fingerprint density at radius 1 is 1.13 bits per heavy atom. The molecule has 1 aromatic heterocycles. The second-order valence-electron chi connectivity index (χ2n) is 3.07. The van der Waals surface area contributed by atoms with E-state index in [0.717, 1.165) is 11.3 Å². The number of hydrogen-bond donors (Lipinski definition) is 1. The van der Waals surface area contributed by atoms with E-state index < -0.39 is 0 Å². The molecule has 4 heteroatoms. The Labute approximate surface area is 103 Å². The minimum atomic E-state index is 0.648. The number of benzene rings is 1. The summed E-state index contributed by atoms with van der Waals surface area (Å²) in [5.41, 5.74) is 2.03. The Hall–Kier alpha value is -0.700. The molecular weight excluding hydrogens is 249 g/mol. The average Bonchev–Trinajstić information content (AvgIpc) is 2.70. The van der Waals surface area contributed by atoms with Crippen molar-refractivity contribution in [2.75, 3.05) is 5.32 Å². The summed E-state index contributed by atoms with van der Waals surface area (Å²) in [6, 6.07) is 7.56. The zero-order chi connectivity index (χ0) is 10.7. The van der Waals surface area contributed by atoms with Crippen molar-refractivity contribution in [2.24, 2.45) is 0 Å². The van der Waals surface area contributed by atoms with Crippen LogP contribution in [0.3, 0.4) is 0 Å². The smallest absolute Gasteiger partial charge is 0.0470 e. The third kappa shape index (κ3) is 2.65. The molecule has 0 unspecified atom stereocenters. The van der Waals surface area contributed by atoms with E-state index in [2.05, 4.69) is 5.32 Å². The van der Waals surface area contributed by atoms with Crippen LogP contribution in [0.4, 0.5) is 5.69 Å². The average molecular weight is 258 g/mol. The molecule has 15 heavy (non-hydrogen) atoms. The molecule has 0 bridgehead atoms. The first-order valence-electron chi connectivity index (χ1n) is 4.46. The molecule has 1 heterocycles. The van der Waals surface area contributed by atoms with Crippen LogP contribution in [-0.4, -0.2) is 0 Å². The monoisotopic (exact) mass is 257 g/mol. The molecule has 0 aliphatic carbocycles. The highest BCUT2D eigenvalue weighted by molar-refractivity contribution is 7.08. The lowest BCUT2D eigenvalue weighted by Crippen LogP contribution is -1.99. The van der Waals surface area contributed by atoms with Gasteiger partial charge in [-0.2, -0.15) is 11.3 Å². The van der Waals surface area contributed by atoms with Gasteiger partial charge in [0.05, 0.1) is 0 Å². The van der Waals surface area contributed by atoms with Gasteiger partial charge < -0.3 is 5.32 Å². The van der Waals surface area contributed by atoms with Crippen molar-refractivity contribution in [3.8, 4) is 0 Å². The highest BCUT2D eigenvalue weighted by Gasteiger charge is 2.04. The summed E-state index contributed by atoms with van der Waals surface area (Å²) in [5.74, 6) is 0. The summed E-state index contributed by atoms with van der Waals surface area (Å²) in [4.78, 5) is 0. The predicted molar refractivity (Wildman–Crippen MR) is 68.1 cm³/mol. The van der Waals surface area contributed by atoms with Crippen LogP contribution in [-0.2, 0) is 6.54 Å². The second kappa shape index (κ2) is 4.88. The molecule has 1 nitrogen and oxygen atoms in total. The summed E-state index contributed by atoms with van der Waals surface area (Å²) in [6.45, 7) is 0.648. The molecule has 0 aliphatic rings. The zero-order valence-electron chi connectivity index (χ0n) is 7.84. The molecule has 0 saturated heterocycles. The molecule has 2 rings (SSSR count). The van der Waals surface area contributed by atoms with Crippen molar-refractivity contribution in [1.29, 1.82) is 0 Å². The van der Waals surface area contributed by atoms with E-state index >= 15 is 0 Å². The summed E-state index contributed by atoms with van der Waals surface area (Å²) in [6.07, 6.45) is 0. The Kier molecular flexibility index (Phi) is 3.52. The molecule has 0 spiro atoms. The summed E-state index contributed by atoms with van der Waals surface area (Å²) in [5, 5.41) is 8.73. The van der Waals surface area contributed by atoms with Crippen LogP contribution in [0.2, 0.25) is 10.0 Å². The minimum absolute atomic E-state index is 0.648. The maximum atomic E-state index is 6.05. The van der Waals surface area contributed by atoms with Gasteiger partial charge in [0.25, 0.3) is 0 Å². The highest BCUT2D eigenvalue weighted by Crippen LogP contribution is 2.25. The van der Waals surface area contributed by atoms with Crippen molar-refractivity contribution in [3.63, 3.8) is 0 Å². The van der Waals surface area contributed by atoms with Crippen molar-refractivity contribution < 1.29 is 0 Å². The molecule has 0 saturated carbocycles. The van der Waals surface area contributed by atoms with Crippen molar-refractivity contribution in [1.82, 2.24) is 0 Å². The van der Waals surface area contributed by atoms with Gasteiger partial charge in [-0.3, -0.25) is 0 Å². The van der Waals surface area contributed by atoms with E-state index in [-0.39, 0.29) is 0 Å². The predicted octanol–water partition coefficient (Wildman–Crippen LogP) is 4.67. The number of hydrogen-bond acceptors (Lipinski definition) is 2. The Morgan fingerprint density at radius 2 is 1.87 bits per heavy atom. The molecule has 0 aliphatic heterocycles. The van der Waals surface area contributed by atoms with Crippen molar-refractivity contribution >= 4 is 40.2 Å². The van der Waals surface area contributed by atoms with E-state index in [9.17, 15) is 0 Å². The van der Waals surface area contributed by atoms with Crippen LogP contribution in [0.1, 0.15) is 5.56 Å². The number of rotatable bonds is 3. The summed E-state index contributed by atoms with van der Waals surface area (Å²) in [7, 11) is 0. The van der Waals surface area contributed by atoms with Gasteiger partial charge in [0.1, 0.15) is 0 Å². The molecule has 2 aromatic rings. The zero-order valence-corrected chi connectivity index (χ0v) is 10.2. The maximum Gasteiger partial charge on any atom is 0.0470 e. The fraction of sp³-hybridized carbons (Fsp3) is 0.0909. The number of anilines is 1. The van der Waals surface area contributed by atoms with Gasteiger partial charge in [-0.15, -0.1) is 0 Å². The minimum Gasteiger partial charge on any atom is -0.380 e. The lowest BCUT2D eigenvalue weighted by Gasteiger charge is -2.08. The normalized spacial score (nSPS) is 10.3. The van der Waals surface area contributed by atoms with Crippen LogP contribution < -0.4 is 5.32 Å². The van der Waals surface area contributed by atoms with E-state index in [0.29, 0.717) is 16.6 Å². The first-order valence-corrected chi connectivity index (χ1v) is 6.16. The standard InChI is InChI=1S/C11H9Cl2NS/c12-10-2-1-3-11(13)9(10)6-14-8-4-5-15-7-8/h1-5,7,14H,6H2. The van der Waals surface area contributed by atoms with Crippen LogP contribution in [0.15, 0.2) is 35.0 Å². The lowest BCUT2D eigenvalue weighted by molar-refractivity contribution is 1.15. The van der Waals surface area contributed by atoms with Crippen LogP contribution >= 0.6 is 34.5 Å². The Bertz CT molecular complexity index is 420. The Morgan fingerprint density at radius 3 is 2.47 bits per heavy atom. The first kappa shape index (κ1) is 10.8. The molecule has 78 valence electrons. The molecule has 1 N–H and O–H groups in total. The third-order valence-electron chi connectivity index (χ3n) is 2.05. The fourth-order valence-corrected chi connectivity index (χ4v) is 2.40.